The Morgan fingerprint density at radius 1 is 0.971 bits per heavy atom. The van der Waals surface area contributed by atoms with Crippen molar-refractivity contribution in [2.45, 2.75) is 32.6 Å². The number of carbonyl (C=O) groups excluding carboxylic acids is 1. The molecule has 0 atom stereocenters. The van der Waals surface area contributed by atoms with Crippen LogP contribution in [0.3, 0.4) is 0 Å². The number of hydrogen-bond donors (Lipinski definition) is 3. The van der Waals surface area contributed by atoms with Crippen LogP contribution in [0.25, 0.3) is 0 Å². The standard InChI is InChI=1S/C29H26FN3O2/c1-18-5-11-23(34)17-26(18)32-25-13-14-31-29-28(25)27(35)16-21-15-20(8-12-24(21)33-29)4-2-3-19-6-9-22(30)10-7-19/h5-15,17,34H,2-4,16H2,1H3,(H2,31,32,33). The first-order valence-electron chi connectivity index (χ1n) is 11.7. The molecule has 0 spiro atoms. The quantitative estimate of drug-likeness (QED) is 0.297. The molecule has 4 aromatic rings. The summed E-state index contributed by atoms with van der Waals surface area (Å²) in [6, 6.07) is 19.7. The van der Waals surface area contributed by atoms with Crippen LogP contribution in [0.1, 0.15) is 39.0 Å². The van der Waals surface area contributed by atoms with E-state index in [0.29, 0.717) is 17.1 Å². The van der Waals surface area contributed by atoms with Gasteiger partial charge < -0.3 is 15.7 Å². The predicted molar refractivity (Wildman–Crippen MR) is 137 cm³/mol. The maximum Gasteiger partial charge on any atom is 0.173 e. The number of fused-ring (bicyclic) bond motifs is 2. The van der Waals surface area contributed by atoms with Gasteiger partial charge in [-0.05, 0) is 78.8 Å². The molecule has 0 saturated heterocycles. The number of carbonyl (C=O) groups is 1. The van der Waals surface area contributed by atoms with Gasteiger partial charge in [0.25, 0.3) is 0 Å². The minimum atomic E-state index is -0.220. The fraction of sp³-hybridized carbons (Fsp3) is 0.172. The number of Topliss-reactive ketones (excluding diaryl/α,β-unsaturated/α-hetero) is 1. The van der Waals surface area contributed by atoms with Crippen molar-refractivity contribution in [2.75, 3.05) is 10.6 Å². The Labute approximate surface area is 203 Å². The number of ketones is 1. The van der Waals surface area contributed by atoms with Gasteiger partial charge in [0.1, 0.15) is 17.4 Å². The molecule has 0 bridgehead atoms. The van der Waals surface area contributed by atoms with E-state index in [2.05, 4.69) is 27.8 Å². The van der Waals surface area contributed by atoms with Gasteiger partial charge in [0.15, 0.2) is 5.78 Å². The van der Waals surface area contributed by atoms with Crippen molar-refractivity contribution >= 4 is 28.7 Å². The van der Waals surface area contributed by atoms with Gasteiger partial charge in [-0.3, -0.25) is 4.79 Å². The third-order valence-electron chi connectivity index (χ3n) is 6.34. The van der Waals surface area contributed by atoms with Gasteiger partial charge in [0, 0.05) is 30.1 Å². The molecule has 1 aromatic heterocycles. The SMILES string of the molecule is Cc1ccc(O)cc1Nc1ccnc2c1C(=O)Cc1cc(CCCc3ccc(F)cc3)ccc1N2. The number of phenols is 1. The van der Waals surface area contributed by atoms with Crippen LogP contribution in [-0.4, -0.2) is 15.9 Å². The normalized spacial score (nSPS) is 12.3. The van der Waals surface area contributed by atoms with Crippen LogP contribution in [0.15, 0.2) is 72.9 Å². The van der Waals surface area contributed by atoms with Gasteiger partial charge in [0.2, 0.25) is 0 Å². The molecule has 0 saturated carbocycles. The fourth-order valence-electron chi connectivity index (χ4n) is 4.44. The molecule has 0 radical (unpaired) electrons. The van der Waals surface area contributed by atoms with Crippen LogP contribution in [0.5, 0.6) is 5.75 Å². The summed E-state index contributed by atoms with van der Waals surface area (Å²) in [5.41, 5.74) is 6.92. The van der Waals surface area contributed by atoms with E-state index in [0.717, 1.165) is 52.9 Å². The van der Waals surface area contributed by atoms with Crippen LogP contribution >= 0.6 is 0 Å². The molecule has 176 valence electrons. The summed E-state index contributed by atoms with van der Waals surface area (Å²) < 4.78 is 13.1. The van der Waals surface area contributed by atoms with E-state index in [1.807, 2.05) is 31.2 Å². The van der Waals surface area contributed by atoms with Crippen molar-refractivity contribution in [3.05, 3.63) is 107 Å². The third-order valence-corrected chi connectivity index (χ3v) is 6.34. The summed E-state index contributed by atoms with van der Waals surface area (Å²) in [7, 11) is 0. The average molecular weight is 468 g/mol. The van der Waals surface area contributed by atoms with Gasteiger partial charge in [-0.15, -0.1) is 0 Å². The second-order valence-corrected chi connectivity index (χ2v) is 8.90. The van der Waals surface area contributed by atoms with E-state index in [-0.39, 0.29) is 23.8 Å². The highest BCUT2D eigenvalue weighted by atomic mass is 19.1. The fourth-order valence-corrected chi connectivity index (χ4v) is 4.44. The Bertz CT molecular complexity index is 1400. The average Bonchev–Trinajstić information content (AvgIpc) is 2.98. The van der Waals surface area contributed by atoms with E-state index in [4.69, 9.17) is 0 Å². The van der Waals surface area contributed by atoms with Crippen molar-refractivity contribution in [3.8, 4) is 5.75 Å². The first-order chi connectivity index (χ1) is 17.0. The van der Waals surface area contributed by atoms with Crippen molar-refractivity contribution in [3.63, 3.8) is 0 Å². The Hall–Kier alpha value is -4.19. The van der Waals surface area contributed by atoms with E-state index in [1.165, 1.54) is 12.1 Å². The summed E-state index contributed by atoms with van der Waals surface area (Å²) in [5, 5.41) is 16.5. The highest BCUT2D eigenvalue weighted by Crippen LogP contribution is 2.35. The number of phenolic OH excluding ortho intramolecular Hbond substituents is 1. The zero-order valence-corrected chi connectivity index (χ0v) is 19.4. The van der Waals surface area contributed by atoms with Gasteiger partial charge in [-0.2, -0.15) is 0 Å². The Kier molecular flexibility index (Phi) is 6.19. The lowest BCUT2D eigenvalue weighted by Crippen LogP contribution is -2.08. The largest absolute Gasteiger partial charge is 0.508 e. The number of anilines is 4. The molecule has 0 aliphatic carbocycles. The minimum Gasteiger partial charge on any atom is -0.508 e. The second-order valence-electron chi connectivity index (χ2n) is 8.90. The third kappa shape index (κ3) is 5.01. The molecule has 2 heterocycles. The number of aromatic nitrogens is 1. The van der Waals surface area contributed by atoms with Gasteiger partial charge in [-0.1, -0.05) is 30.3 Å². The lowest BCUT2D eigenvalue weighted by molar-refractivity contribution is 0.0995. The van der Waals surface area contributed by atoms with Crippen molar-refractivity contribution in [1.82, 2.24) is 4.98 Å². The number of hydrogen-bond acceptors (Lipinski definition) is 5. The van der Waals surface area contributed by atoms with Crippen molar-refractivity contribution in [1.29, 1.82) is 0 Å². The lowest BCUT2D eigenvalue weighted by Gasteiger charge is -2.15. The molecule has 0 fully saturated rings. The zero-order valence-electron chi connectivity index (χ0n) is 19.4. The molecule has 3 N–H and O–H groups in total. The molecule has 1 aliphatic heterocycles. The van der Waals surface area contributed by atoms with E-state index in [9.17, 15) is 14.3 Å². The summed E-state index contributed by atoms with van der Waals surface area (Å²) >= 11 is 0. The van der Waals surface area contributed by atoms with Crippen molar-refractivity contribution < 1.29 is 14.3 Å². The number of rotatable bonds is 6. The molecule has 6 heteroatoms. The van der Waals surface area contributed by atoms with Gasteiger partial charge >= 0.3 is 0 Å². The number of aromatic hydroxyl groups is 1. The van der Waals surface area contributed by atoms with Crippen LogP contribution in [0.2, 0.25) is 0 Å². The molecular formula is C29H26FN3O2. The maximum atomic E-state index is 13.4. The van der Waals surface area contributed by atoms with Crippen LogP contribution in [0, 0.1) is 12.7 Å². The number of benzene rings is 3. The number of nitrogens with zero attached hydrogens (tertiary/aromatic N) is 1. The van der Waals surface area contributed by atoms with Gasteiger partial charge in [-0.25, -0.2) is 9.37 Å². The smallest absolute Gasteiger partial charge is 0.173 e. The second kappa shape index (κ2) is 9.58. The molecule has 35 heavy (non-hydrogen) atoms. The first kappa shape index (κ1) is 22.6. The predicted octanol–water partition coefficient (Wildman–Crippen LogP) is 6.64. The number of pyridine rings is 1. The van der Waals surface area contributed by atoms with Crippen molar-refractivity contribution in [2.24, 2.45) is 0 Å². The van der Waals surface area contributed by atoms with Crippen LogP contribution in [-0.2, 0) is 19.3 Å². The Morgan fingerprint density at radius 2 is 1.74 bits per heavy atom. The number of nitrogens with one attached hydrogen (secondary N) is 2. The van der Waals surface area contributed by atoms with Crippen LogP contribution < -0.4 is 10.6 Å². The minimum absolute atomic E-state index is 0.0249. The Morgan fingerprint density at radius 3 is 2.57 bits per heavy atom. The summed E-state index contributed by atoms with van der Waals surface area (Å²) in [4.78, 5) is 17.8. The maximum absolute atomic E-state index is 13.4. The molecule has 5 nitrogen and oxygen atoms in total. The molecule has 5 rings (SSSR count). The van der Waals surface area contributed by atoms with E-state index < -0.39 is 0 Å². The molecular weight excluding hydrogens is 441 g/mol. The summed E-state index contributed by atoms with van der Waals surface area (Å²) in [6.07, 6.45) is 4.60. The summed E-state index contributed by atoms with van der Waals surface area (Å²) in [5.74, 6) is 0.424. The number of halogens is 1. The first-order valence-corrected chi connectivity index (χ1v) is 11.7. The molecule has 0 unspecified atom stereocenters. The zero-order chi connectivity index (χ0) is 24.4. The highest BCUT2D eigenvalue weighted by molar-refractivity contribution is 6.09. The highest BCUT2D eigenvalue weighted by Gasteiger charge is 2.24. The molecule has 3 aromatic carbocycles. The topological polar surface area (TPSA) is 74.2 Å². The Balaban J connectivity index is 1.35. The van der Waals surface area contributed by atoms with E-state index in [1.54, 1.807) is 24.4 Å². The monoisotopic (exact) mass is 467 g/mol. The summed E-state index contributed by atoms with van der Waals surface area (Å²) in [6.45, 7) is 1.94. The lowest BCUT2D eigenvalue weighted by atomic mass is 9.98. The molecule has 1 aliphatic rings. The molecule has 0 amide bonds. The van der Waals surface area contributed by atoms with E-state index >= 15 is 0 Å². The van der Waals surface area contributed by atoms with Crippen LogP contribution in [0.4, 0.5) is 27.3 Å². The number of aryl methyl sites for hydroxylation is 3. The van der Waals surface area contributed by atoms with Gasteiger partial charge in [0.05, 0.1) is 11.3 Å².